The lowest BCUT2D eigenvalue weighted by atomic mass is 10.0. The first-order valence-electron chi connectivity index (χ1n) is 8.60. The molecular weight excluding hydrogens is 348 g/mol. The maximum Gasteiger partial charge on any atom is 0.253 e. The van der Waals surface area contributed by atoms with Crippen molar-refractivity contribution in [2.24, 2.45) is 0 Å². The van der Waals surface area contributed by atoms with Crippen molar-refractivity contribution in [2.75, 3.05) is 20.2 Å². The summed E-state index contributed by atoms with van der Waals surface area (Å²) in [7, 11) is 1.58. The predicted molar refractivity (Wildman–Crippen MR) is 103 cm³/mol. The molecule has 1 N–H and O–H groups in total. The maximum atomic E-state index is 12.6. The Morgan fingerprint density at radius 3 is 2.54 bits per heavy atom. The average molecular weight is 370 g/mol. The highest BCUT2D eigenvalue weighted by Crippen LogP contribution is 2.19. The maximum absolute atomic E-state index is 12.6. The van der Waals surface area contributed by atoms with Crippen LogP contribution >= 0.6 is 12.6 Å². The van der Waals surface area contributed by atoms with Crippen LogP contribution < -0.4 is 10.1 Å². The van der Waals surface area contributed by atoms with E-state index in [0.717, 1.165) is 12.8 Å². The van der Waals surface area contributed by atoms with Gasteiger partial charge in [0.2, 0.25) is 0 Å². The largest absolute Gasteiger partial charge is 0.497 e. The predicted octanol–water partition coefficient (Wildman–Crippen LogP) is 3.02. The van der Waals surface area contributed by atoms with E-state index < -0.39 is 0 Å². The Kier molecular flexibility index (Phi) is 5.83. The van der Waals surface area contributed by atoms with Crippen molar-refractivity contribution in [1.82, 2.24) is 10.2 Å². The lowest BCUT2D eigenvalue weighted by Gasteiger charge is -2.32. The summed E-state index contributed by atoms with van der Waals surface area (Å²) in [6.07, 6.45) is 1.46. The number of rotatable bonds is 4. The summed E-state index contributed by atoms with van der Waals surface area (Å²) in [4.78, 5) is 27.5. The second kappa shape index (κ2) is 8.27. The van der Waals surface area contributed by atoms with Crippen LogP contribution in [0.15, 0.2) is 53.4 Å². The van der Waals surface area contributed by atoms with Crippen LogP contribution in [0.3, 0.4) is 0 Å². The second-order valence-electron chi connectivity index (χ2n) is 6.29. The zero-order valence-corrected chi connectivity index (χ0v) is 15.5. The molecule has 2 amide bonds. The highest BCUT2D eigenvalue weighted by molar-refractivity contribution is 7.80. The van der Waals surface area contributed by atoms with Gasteiger partial charge in [0.15, 0.2) is 0 Å². The highest BCUT2D eigenvalue weighted by Gasteiger charge is 2.25. The van der Waals surface area contributed by atoms with Gasteiger partial charge in [0.25, 0.3) is 11.8 Å². The van der Waals surface area contributed by atoms with Crippen molar-refractivity contribution < 1.29 is 14.3 Å². The minimum atomic E-state index is -0.117. The minimum Gasteiger partial charge on any atom is -0.497 e. The Morgan fingerprint density at radius 1 is 1.12 bits per heavy atom. The third-order valence-electron chi connectivity index (χ3n) is 4.58. The summed E-state index contributed by atoms with van der Waals surface area (Å²) in [5.41, 5.74) is 1.20. The Labute approximate surface area is 158 Å². The molecule has 0 bridgehead atoms. The molecule has 3 rings (SSSR count). The number of hydrogen-bond donors (Lipinski definition) is 2. The zero-order valence-electron chi connectivity index (χ0n) is 14.6. The van der Waals surface area contributed by atoms with Crippen molar-refractivity contribution in [3.63, 3.8) is 0 Å². The lowest BCUT2D eigenvalue weighted by Crippen LogP contribution is -2.46. The molecule has 2 aromatic carbocycles. The molecule has 1 aliphatic heterocycles. The standard InChI is InChI=1S/C20H22N2O3S/c1-25-16-6-4-5-14(13-16)20(24)22-11-9-15(10-12-22)21-19(23)17-7-2-3-8-18(17)26/h2-8,13,15,26H,9-12H2,1H3,(H,21,23). The van der Waals surface area contributed by atoms with E-state index in [4.69, 9.17) is 4.74 Å². The number of ether oxygens (including phenoxy) is 1. The van der Waals surface area contributed by atoms with Crippen LogP contribution in [0.1, 0.15) is 33.6 Å². The Bertz CT molecular complexity index is 801. The molecule has 1 heterocycles. The second-order valence-corrected chi connectivity index (χ2v) is 6.77. The number of piperidine rings is 1. The number of hydrogen-bond acceptors (Lipinski definition) is 4. The molecule has 0 aromatic heterocycles. The third kappa shape index (κ3) is 4.19. The topological polar surface area (TPSA) is 58.6 Å². The van der Waals surface area contributed by atoms with Crippen molar-refractivity contribution in [1.29, 1.82) is 0 Å². The van der Waals surface area contributed by atoms with Gasteiger partial charge in [0.05, 0.1) is 12.7 Å². The van der Waals surface area contributed by atoms with Gasteiger partial charge in [-0.2, -0.15) is 0 Å². The quantitative estimate of drug-likeness (QED) is 0.814. The van der Waals surface area contributed by atoms with Crippen LogP contribution in [0.25, 0.3) is 0 Å². The lowest BCUT2D eigenvalue weighted by molar-refractivity contribution is 0.0697. The summed E-state index contributed by atoms with van der Waals surface area (Å²) in [6.45, 7) is 1.23. The fraction of sp³-hybridized carbons (Fsp3) is 0.300. The molecule has 26 heavy (non-hydrogen) atoms. The van der Waals surface area contributed by atoms with Gasteiger partial charge < -0.3 is 15.0 Å². The van der Waals surface area contributed by atoms with Gasteiger partial charge in [-0.3, -0.25) is 9.59 Å². The first-order chi connectivity index (χ1) is 12.6. The van der Waals surface area contributed by atoms with Gasteiger partial charge in [-0.1, -0.05) is 18.2 Å². The van der Waals surface area contributed by atoms with E-state index in [-0.39, 0.29) is 17.9 Å². The fourth-order valence-electron chi connectivity index (χ4n) is 3.09. The smallest absolute Gasteiger partial charge is 0.253 e. The van der Waals surface area contributed by atoms with Gasteiger partial charge in [0.1, 0.15) is 5.75 Å². The molecule has 1 aliphatic rings. The van der Waals surface area contributed by atoms with E-state index in [1.807, 2.05) is 29.2 Å². The van der Waals surface area contributed by atoms with E-state index in [1.54, 1.807) is 31.4 Å². The number of amides is 2. The molecule has 0 aliphatic carbocycles. The van der Waals surface area contributed by atoms with Crippen molar-refractivity contribution in [2.45, 2.75) is 23.8 Å². The molecule has 136 valence electrons. The Balaban J connectivity index is 1.56. The van der Waals surface area contributed by atoms with Gasteiger partial charge >= 0.3 is 0 Å². The van der Waals surface area contributed by atoms with E-state index in [1.165, 1.54) is 0 Å². The van der Waals surface area contributed by atoms with Crippen LogP contribution in [0.2, 0.25) is 0 Å². The van der Waals surface area contributed by atoms with Crippen LogP contribution in [-0.4, -0.2) is 43.0 Å². The number of carbonyl (C=O) groups is 2. The van der Waals surface area contributed by atoms with E-state index in [0.29, 0.717) is 34.9 Å². The van der Waals surface area contributed by atoms with Gasteiger partial charge in [0, 0.05) is 29.6 Å². The molecule has 5 nitrogen and oxygen atoms in total. The fourth-order valence-corrected chi connectivity index (χ4v) is 3.36. The summed E-state index contributed by atoms with van der Waals surface area (Å²) < 4.78 is 5.18. The van der Waals surface area contributed by atoms with Gasteiger partial charge in [-0.05, 0) is 43.2 Å². The van der Waals surface area contributed by atoms with Crippen molar-refractivity contribution in [3.8, 4) is 5.75 Å². The normalized spacial score (nSPS) is 14.8. The van der Waals surface area contributed by atoms with Crippen LogP contribution in [-0.2, 0) is 0 Å². The summed E-state index contributed by atoms with van der Waals surface area (Å²) in [5.74, 6) is 0.547. The molecular formula is C20H22N2O3S. The van der Waals surface area contributed by atoms with Crippen LogP contribution in [0.4, 0.5) is 0 Å². The SMILES string of the molecule is COc1cccc(C(=O)N2CCC(NC(=O)c3ccccc3S)CC2)c1. The molecule has 6 heteroatoms. The van der Waals surface area contributed by atoms with E-state index in [9.17, 15) is 9.59 Å². The summed E-state index contributed by atoms with van der Waals surface area (Å²) >= 11 is 4.33. The summed E-state index contributed by atoms with van der Waals surface area (Å²) in [6, 6.07) is 14.5. The molecule has 0 atom stereocenters. The summed E-state index contributed by atoms with van der Waals surface area (Å²) in [5, 5.41) is 3.05. The van der Waals surface area contributed by atoms with Crippen LogP contribution in [0, 0.1) is 0 Å². The highest BCUT2D eigenvalue weighted by atomic mass is 32.1. The first kappa shape index (κ1) is 18.3. The molecule has 0 radical (unpaired) electrons. The third-order valence-corrected chi connectivity index (χ3v) is 4.97. The van der Waals surface area contributed by atoms with E-state index >= 15 is 0 Å². The van der Waals surface area contributed by atoms with Crippen molar-refractivity contribution in [3.05, 3.63) is 59.7 Å². The molecule has 0 unspecified atom stereocenters. The number of nitrogens with one attached hydrogen (secondary N) is 1. The first-order valence-corrected chi connectivity index (χ1v) is 9.05. The monoisotopic (exact) mass is 370 g/mol. The molecule has 1 saturated heterocycles. The zero-order chi connectivity index (χ0) is 18.5. The average Bonchev–Trinajstić information content (AvgIpc) is 2.68. The Hall–Kier alpha value is -2.47. The van der Waals surface area contributed by atoms with Gasteiger partial charge in [-0.25, -0.2) is 0 Å². The molecule has 0 saturated carbocycles. The number of benzene rings is 2. The number of thiol groups is 1. The number of carbonyl (C=O) groups excluding carboxylic acids is 2. The number of nitrogens with zero attached hydrogens (tertiary/aromatic N) is 1. The number of methoxy groups -OCH3 is 1. The van der Waals surface area contributed by atoms with Crippen molar-refractivity contribution >= 4 is 24.4 Å². The minimum absolute atomic E-state index is 0.00520. The van der Waals surface area contributed by atoms with E-state index in [2.05, 4.69) is 17.9 Å². The number of likely N-dealkylation sites (tertiary alicyclic amines) is 1. The van der Waals surface area contributed by atoms with Gasteiger partial charge in [-0.15, -0.1) is 12.6 Å². The molecule has 2 aromatic rings. The Morgan fingerprint density at radius 2 is 1.85 bits per heavy atom. The molecule has 1 fully saturated rings. The molecule has 0 spiro atoms. The van der Waals surface area contributed by atoms with Crippen LogP contribution in [0.5, 0.6) is 5.75 Å².